The van der Waals surface area contributed by atoms with Gasteiger partial charge in [0.05, 0.1) is 13.7 Å². The molecule has 23 heavy (non-hydrogen) atoms. The van der Waals surface area contributed by atoms with Crippen LogP contribution in [0.3, 0.4) is 0 Å². The van der Waals surface area contributed by atoms with Gasteiger partial charge in [-0.1, -0.05) is 6.07 Å². The number of amides is 1. The fourth-order valence-electron chi connectivity index (χ4n) is 2.62. The fraction of sp³-hybridized carbons (Fsp3) is 0.353. The second-order valence-corrected chi connectivity index (χ2v) is 5.44. The molecule has 1 aliphatic rings. The third-order valence-electron chi connectivity index (χ3n) is 3.86. The van der Waals surface area contributed by atoms with Gasteiger partial charge in [-0.15, -0.1) is 0 Å². The molecule has 6 nitrogen and oxygen atoms in total. The summed E-state index contributed by atoms with van der Waals surface area (Å²) in [6.07, 6.45) is 4.14. The highest BCUT2D eigenvalue weighted by Crippen LogP contribution is 2.17. The minimum atomic E-state index is -0.168. The Kier molecular flexibility index (Phi) is 4.71. The van der Waals surface area contributed by atoms with Gasteiger partial charge in [0.1, 0.15) is 17.4 Å². The maximum absolute atomic E-state index is 12.2. The van der Waals surface area contributed by atoms with Gasteiger partial charge in [0.2, 0.25) is 0 Å². The molecule has 2 heterocycles. The zero-order chi connectivity index (χ0) is 16.1. The number of hydrogen-bond acceptors (Lipinski definition) is 5. The van der Waals surface area contributed by atoms with Crippen LogP contribution in [0.4, 0.5) is 5.82 Å². The topological polar surface area (TPSA) is 67.3 Å². The van der Waals surface area contributed by atoms with E-state index >= 15 is 0 Å². The Bertz CT molecular complexity index is 684. The molecule has 120 valence electrons. The molecule has 1 aromatic heterocycles. The normalized spacial score (nSPS) is 13.9. The molecule has 2 aromatic rings. The number of methoxy groups -OCH3 is 1. The first-order valence-electron chi connectivity index (χ1n) is 7.75. The first kappa shape index (κ1) is 15.3. The standard InChI is InChI=1S/C17H20N4O2/c1-23-14-6-4-5-13(11-14)17(22)19-12-15-18-8-7-16(20-15)21-9-2-3-10-21/h4-8,11H,2-3,9-10,12H2,1H3,(H,19,22). The van der Waals surface area contributed by atoms with E-state index in [0.29, 0.717) is 23.7 Å². The van der Waals surface area contributed by atoms with Crippen LogP contribution in [0.25, 0.3) is 0 Å². The zero-order valence-electron chi connectivity index (χ0n) is 13.2. The largest absolute Gasteiger partial charge is 0.497 e. The van der Waals surface area contributed by atoms with Crippen molar-refractivity contribution in [3.63, 3.8) is 0 Å². The van der Waals surface area contributed by atoms with Gasteiger partial charge >= 0.3 is 0 Å². The Hall–Kier alpha value is -2.63. The number of hydrogen-bond donors (Lipinski definition) is 1. The number of ether oxygens (including phenoxy) is 1. The summed E-state index contributed by atoms with van der Waals surface area (Å²) in [5, 5.41) is 2.85. The highest BCUT2D eigenvalue weighted by molar-refractivity contribution is 5.94. The van der Waals surface area contributed by atoms with E-state index in [0.717, 1.165) is 18.9 Å². The van der Waals surface area contributed by atoms with Gasteiger partial charge in [0.25, 0.3) is 5.91 Å². The van der Waals surface area contributed by atoms with Crippen molar-refractivity contribution in [2.75, 3.05) is 25.1 Å². The van der Waals surface area contributed by atoms with E-state index in [-0.39, 0.29) is 5.91 Å². The molecule has 1 amide bonds. The molecule has 1 aromatic carbocycles. The summed E-state index contributed by atoms with van der Waals surface area (Å²) in [6.45, 7) is 2.37. The van der Waals surface area contributed by atoms with Crippen LogP contribution >= 0.6 is 0 Å². The minimum Gasteiger partial charge on any atom is -0.497 e. The average molecular weight is 312 g/mol. The Morgan fingerprint density at radius 3 is 2.91 bits per heavy atom. The maximum atomic E-state index is 12.2. The molecule has 1 aliphatic heterocycles. The van der Waals surface area contributed by atoms with Gasteiger partial charge in [-0.05, 0) is 37.1 Å². The first-order chi connectivity index (χ1) is 11.3. The fourth-order valence-corrected chi connectivity index (χ4v) is 2.62. The van der Waals surface area contributed by atoms with Gasteiger partial charge in [-0.3, -0.25) is 4.79 Å². The Morgan fingerprint density at radius 2 is 2.13 bits per heavy atom. The number of benzene rings is 1. The summed E-state index contributed by atoms with van der Waals surface area (Å²) < 4.78 is 5.13. The number of carbonyl (C=O) groups excluding carboxylic acids is 1. The molecule has 0 saturated carbocycles. The predicted molar refractivity (Wildman–Crippen MR) is 87.6 cm³/mol. The van der Waals surface area contributed by atoms with E-state index in [9.17, 15) is 4.79 Å². The van der Waals surface area contributed by atoms with Gasteiger partial charge in [-0.2, -0.15) is 0 Å². The van der Waals surface area contributed by atoms with Crippen molar-refractivity contribution in [3.05, 3.63) is 47.9 Å². The van der Waals surface area contributed by atoms with Gasteiger partial charge in [0, 0.05) is 24.8 Å². The highest BCUT2D eigenvalue weighted by Gasteiger charge is 2.14. The van der Waals surface area contributed by atoms with Gasteiger partial charge < -0.3 is 15.0 Å². The molecule has 1 saturated heterocycles. The maximum Gasteiger partial charge on any atom is 0.251 e. The number of nitrogens with one attached hydrogen (secondary N) is 1. The number of carbonyl (C=O) groups is 1. The number of aromatic nitrogens is 2. The molecule has 0 spiro atoms. The van der Waals surface area contributed by atoms with E-state index in [1.807, 2.05) is 6.07 Å². The first-order valence-corrected chi connectivity index (χ1v) is 7.75. The second-order valence-electron chi connectivity index (χ2n) is 5.44. The molecular weight excluding hydrogens is 292 g/mol. The lowest BCUT2D eigenvalue weighted by Crippen LogP contribution is -2.25. The monoisotopic (exact) mass is 312 g/mol. The molecule has 1 fully saturated rings. The lowest BCUT2D eigenvalue weighted by molar-refractivity contribution is 0.0949. The van der Waals surface area contributed by atoms with E-state index < -0.39 is 0 Å². The quantitative estimate of drug-likeness (QED) is 0.915. The molecule has 0 radical (unpaired) electrons. The molecule has 6 heteroatoms. The number of anilines is 1. The van der Waals surface area contributed by atoms with Crippen molar-refractivity contribution in [1.82, 2.24) is 15.3 Å². The summed E-state index contributed by atoms with van der Waals surface area (Å²) in [5.41, 5.74) is 0.556. The molecule has 0 bridgehead atoms. The van der Waals surface area contributed by atoms with Crippen LogP contribution in [0, 0.1) is 0 Å². The zero-order valence-corrected chi connectivity index (χ0v) is 13.2. The molecule has 3 rings (SSSR count). The third-order valence-corrected chi connectivity index (χ3v) is 3.86. The summed E-state index contributed by atoms with van der Waals surface area (Å²) in [5.74, 6) is 2.04. The van der Waals surface area contributed by atoms with Crippen molar-refractivity contribution < 1.29 is 9.53 Å². The lowest BCUT2D eigenvalue weighted by Gasteiger charge is -2.16. The van der Waals surface area contributed by atoms with E-state index in [1.165, 1.54) is 12.8 Å². The molecule has 1 N–H and O–H groups in total. The summed E-state index contributed by atoms with van der Waals surface area (Å²) in [6, 6.07) is 8.96. The molecule has 0 unspecified atom stereocenters. The summed E-state index contributed by atoms with van der Waals surface area (Å²) >= 11 is 0. The molecule has 0 aliphatic carbocycles. The van der Waals surface area contributed by atoms with Crippen LogP contribution < -0.4 is 15.0 Å². The highest BCUT2D eigenvalue weighted by atomic mass is 16.5. The smallest absolute Gasteiger partial charge is 0.251 e. The van der Waals surface area contributed by atoms with Crippen molar-refractivity contribution in [1.29, 1.82) is 0 Å². The van der Waals surface area contributed by atoms with Crippen LogP contribution in [0.2, 0.25) is 0 Å². The van der Waals surface area contributed by atoms with Gasteiger partial charge in [0.15, 0.2) is 0 Å². The summed E-state index contributed by atoms with van der Waals surface area (Å²) in [7, 11) is 1.58. The van der Waals surface area contributed by atoms with Gasteiger partial charge in [-0.25, -0.2) is 9.97 Å². The Morgan fingerprint density at radius 1 is 1.30 bits per heavy atom. The lowest BCUT2D eigenvalue weighted by atomic mass is 10.2. The van der Waals surface area contributed by atoms with E-state index in [4.69, 9.17) is 4.74 Å². The Labute approximate surface area is 135 Å². The van der Waals surface area contributed by atoms with E-state index in [2.05, 4.69) is 20.2 Å². The molecular formula is C17H20N4O2. The Balaban J connectivity index is 1.63. The van der Waals surface area contributed by atoms with Crippen LogP contribution in [-0.4, -0.2) is 36.1 Å². The average Bonchev–Trinajstić information content (AvgIpc) is 3.14. The van der Waals surface area contributed by atoms with Crippen molar-refractivity contribution >= 4 is 11.7 Å². The minimum absolute atomic E-state index is 0.168. The van der Waals surface area contributed by atoms with Crippen molar-refractivity contribution in [2.24, 2.45) is 0 Å². The number of rotatable bonds is 5. The number of nitrogens with zero attached hydrogens (tertiary/aromatic N) is 3. The SMILES string of the molecule is COc1cccc(C(=O)NCc2nccc(N3CCCC3)n2)c1. The predicted octanol–water partition coefficient (Wildman–Crippen LogP) is 2.02. The molecule has 0 atom stereocenters. The second kappa shape index (κ2) is 7.09. The van der Waals surface area contributed by atoms with Crippen molar-refractivity contribution in [2.45, 2.75) is 19.4 Å². The summed E-state index contributed by atoms with van der Waals surface area (Å²) in [4.78, 5) is 23.2. The van der Waals surface area contributed by atoms with Crippen LogP contribution in [0.15, 0.2) is 36.5 Å². The van der Waals surface area contributed by atoms with E-state index in [1.54, 1.807) is 37.6 Å². The van der Waals surface area contributed by atoms with Crippen molar-refractivity contribution in [3.8, 4) is 5.75 Å². The third kappa shape index (κ3) is 3.77. The van der Waals surface area contributed by atoms with Crippen LogP contribution in [0.1, 0.15) is 29.0 Å². The van der Waals surface area contributed by atoms with Crippen LogP contribution in [0.5, 0.6) is 5.75 Å². The van der Waals surface area contributed by atoms with Crippen LogP contribution in [-0.2, 0) is 6.54 Å².